The molecule has 3 fully saturated rings. The highest BCUT2D eigenvalue weighted by atomic mass is 16.4. The number of hydrogen-bond acceptors (Lipinski definition) is 2. The van der Waals surface area contributed by atoms with Crippen LogP contribution in [0.4, 0.5) is 0 Å². The van der Waals surface area contributed by atoms with Gasteiger partial charge in [0.2, 0.25) is 5.91 Å². The third-order valence-electron chi connectivity index (χ3n) is 5.31. The second-order valence-electron chi connectivity index (χ2n) is 6.41. The van der Waals surface area contributed by atoms with Gasteiger partial charge in [-0.2, -0.15) is 0 Å². The minimum atomic E-state index is -0.717. The topological polar surface area (TPSA) is 57.6 Å². The van der Waals surface area contributed by atoms with Crippen molar-refractivity contribution in [2.75, 3.05) is 0 Å². The van der Waals surface area contributed by atoms with E-state index in [-0.39, 0.29) is 29.8 Å². The van der Waals surface area contributed by atoms with Gasteiger partial charge in [0.05, 0.1) is 5.92 Å². The summed E-state index contributed by atoms with van der Waals surface area (Å²) in [7, 11) is 0. The Morgan fingerprint density at radius 1 is 0.947 bits per heavy atom. The van der Waals surface area contributed by atoms with Crippen LogP contribution in [0.3, 0.4) is 0 Å². The summed E-state index contributed by atoms with van der Waals surface area (Å²) < 4.78 is 0. The molecule has 3 unspecified atom stereocenters. The number of carboxylic acids is 1. The molecule has 19 heavy (non-hydrogen) atoms. The van der Waals surface area contributed by atoms with Gasteiger partial charge >= 0.3 is 5.97 Å². The second-order valence-corrected chi connectivity index (χ2v) is 6.41. The molecule has 1 saturated carbocycles. The molecule has 1 amide bonds. The van der Waals surface area contributed by atoms with Crippen LogP contribution in [-0.4, -0.2) is 34.0 Å². The Labute approximate surface area is 114 Å². The zero-order chi connectivity index (χ0) is 13.4. The first-order valence-electron chi connectivity index (χ1n) is 7.73. The average molecular weight is 265 g/mol. The van der Waals surface area contributed by atoms with Crippen molar-refractivity contribution in [3.05, 3.63) is 0 Å². The van der Waals surface area contributed by atoms with Gasteiger partial charge in [0.1, 0.15) is 0 Å². The first kappa shape index (κ1) is 12.9. The van der Waals surface area contributed by atoms with Gasteiger partial charge in [-0.1, -0.05) is 25.7 Å². The number of hydrogen-bond donors (Lipinski definition) is 1. The number of rotatable bonds is 2. The molecule has 2 aliphatic heterocycles. The van der Waals surface area contributed by atoms with Crippen molar-refractivity contribution in [2.24, 2.45) is 11.8 Å². The van der Waals surface area contributed by atoms with Gasteiger partial charge in [-0.05, 0) is 32.1 Å². The van der Waals surface area contributed by atoms with E-state index in [1.54, 1.807) is 0 Å². The Morgan fingerprint density at radius 3 is 2.21 bits per heavy atom. The molecule has 0 aromatic heterocycles. The Morgan fingerprint density at radius 2 is 1.63 bits per heavy atom. The van der Waals surface area contributed by atoms with Crippen LogP contribution in [0.5, 0.6) is 0 Å². The summed E-state index contributed by atoms with van der Waals surface area (Å²) in [4.78, 5) is 25.9. The molecule has 0 aromatic carbocycles. The van der Waals surface area contributed by atoms with Crippen LogP contribution < -0.4 is 0 Å². The molecule has 4 nitrogen and oxygen atoms in total. The molecule has 0 aromatic rings. The van der Waals surface area contributed by atoms with E-state index in [2.05, 4.69) is 0 Å². The molecule has 0 spiro atoms. The van der Waals surface area contributed by atoms with Gasteiger partial charge in [0.25, 0.3) is 0 Å². The number of amides is 1. The highest BCUT2D eigenvalue weighted by molar-refractivity contribution is 5.82. The molecule has 3 aliphatic rings. The monoisotopic (exact) mass is 265 g/mol. The number of carbonyl (C=O) groups excluding carboxylic acids is 1. The van der Waals surface area contributed by atoms with Crippen LogP contribution in [0, 0.1) is 11.8 Å². The van der Waals surface area contributed by atoms with Crippen molar-refractivity contribution < 1.29 is 14.7 Å². The predicted octanol–water partition coefficient (Wildman–Crippen LogP) is 2.42. The number of carbonyl (C=O) groups is 2. The van der Waals surface area contributed by atoms with Crippen LogP contribution in [0.15, 0.2) is 0 Å². The van der Waals surface area contributed by atoms with Gasteiger partial charge in [-0.3, -0.25) is 9.59 Å². The lowest BCUT2D eigenvalue weighted by Gasteiger charge is -2.27. The smallest absolute Gasteiger partial charge is 0.308 e. The molecule has 2 saturated heterocycles. The maximum absolute atomic E-state index is 12.7. The summed E-state index contributed by atoms with van der Waals surface area (Å²) in [5.41, 5.74) is 0. The highest BCUT2D eigenvalue weighted by Crippen LogP contribution is 2.43. The van der Waals surface area contributed by atoms with Gasteiger partial charge in [0.15, 0.2) is 0 Å². The van der Waals surface area contributed by atoms with E-state index < -0.39 is 5.97 Å². The van der Waals surface area contributed by atoms with E-state index in [9.17, 15) is 14.7 Å². The Bertz CT molecular complexity index is 374. The summed E-state index contributed by atoms with van der Waals surface area (Å²) in [6.45, 7) is 0. The fourth-order valence-corrected chi connectivity index (χ4v) is 4.33. The van der Waals surface area contributed by atoms with Crippen molar-refractivity contribution in [1.82, 2.24) is 4.90 Å². The fraction of sp³-hybridized carbons (Fsp3) is 0.867. The van der Waals surface area contributed by atoms with Crippen LogP contribution in [0.25, 0.3) is 0 Å². The van der Waals surface area contributed by atoms with E-state index in [4.69, 9.17) is 0 Å². The molecule has 3 rings (SSSR count). The zero-order valence-electron chi connectivity index (χ0n) is 11.4. The summed E-state index contributed by atoms with van der Waals surface area (Å²) in [6, 6.07) is 0.195. The lowest BCUT2D eigenvalue weighted by Crippen LogP contribution is -2.41. The second kappa shape index (κ2) is 5.14. The first-order valence-corrected chi connectivity index (χ1v) is 7.73. The molecule has 2 heterocycles. The Hall–Kier alpha value is -1.06. The molecule has 4 heteroatoms. The average Bonchev–Trinajstić information content (AvgIpc) is 2.84. The van der Waals surface area contributed by atoms with Crippen molar-refractivity contribution in [3.63, 3.8) is 0 Å². The number of nitrogens with zero attached hydrogens (tertiary/aromatic N) is 1. The van der Waals surface area contributed by atoms with E-state index in [1.165, 1.54) is 12.8 Å². The molecular formula is C15H23NO3. The van der Waals surface area contributed by atoms with Crippen molar-refractivity contribution in [2.45, 2.75) is 69.9 Å². The van der Waals surface area contributed by atoms with Gasteiger partial charge in [-0.25, -0.2) is 0 Å². The SMILES string of the molecule is O=C(O)C1CC2CCC1N2C(=O)C1CCCCCC1. The quantitative estimate of drug-likeness (QED) is 0.780. The normalized spacial score (nSPS) is 35.4. The molecule has 0 radical (unpaired) electrons. The summed E-state index contributed by atoms with van der Waals surface area (Å²) >= 11 is 0. The Balaban J connectivity index is 1.71. The van der Waals surface area contributed by atoms with Crippen LogP contribution in [0.1, 0.15) is 57.8 Å². The molecular weight excluding hydrogens is 242 g/mol. The predicted molar refractivity (Wildman–Crippen MR) is 70.6 cm³/mol. The van der Waals surface area contributed by atoms with E-state index in [1.807, 2.05) is 4.90 Å². The third kappa shape index (κ3) is 2.26. The van der Waals surface area contributed by atoms with E-state index >= 15 is 0 Å². The maximum atomic E-state index is 12.7. The molecule has 3 atom stereocenters. The number of fused-ring (bicyclic) bond motifs is 2. The van der Waals surface area contributed by atoms with Crippen molar-refractivity contribution in [3.8, 4) is 0 Å². The summed E-state index contributed by atoms with van der Waals surface area (Å²) in [6.07, 6.45) is 9.39. The van der Waals surface area contributed by atoms with Gasteiger partial charge in [0, 0.05) is 18.0 Å². The molecule has 1 aliphatic carbocycles. The number of carboxylic acid groups (broad SMARTS) is 1. The van der Waals surface area contributed by atoms with Crippen molar-refractivity contribution in [1.29, 1.82) is 0 Å². The zero-order valence-corrected chi connectivity index (χ0v) is 11.4. The first-order chi connectivity index (χ1) is 9.18. The Kier molecular flexibility index (Phi) is 3.50. The summed E-state index contributed by atoms with van der Waals surface area (Å²) in [5.74, 6) is -0.601. The molecule has 2 bridgehead atoms. The standard InChI is InChI=1S/C15H23NO3/c17-14(10-5-3-1-2-4-6-10)16-11-7-8-13(16)12(9-11)15(18)19/h10-13H,1-9H2,(H,18,19). The summed E-state index contributed by atoms with van der Waals surface area (Å²) in [5, 5.41) is 9.25. The molecule has 106 valence electrons. The van der Waals surface area contributed by atoms with Gasteiger partial charge < -0.3 is 10.0 Å². The fourth-order valence-electron chi connectivity index (χ4n) is 4.33. The number of aliphatic carboxylic acids is 1. The highest BCUT2D eigenvalue weighted by Gasteiger charge is 2.52. The molecule has 1 N–H and O–H groups in total. The minimum absolute atomic E-state index is 0.0155. The lowest BCUT2D eigenvalue weighted by atomic mass is 9.89. The van der Waals surface area contributed by atoms with E-state index in [0.29, 0.717) is 6.42 Å². The van der Waals surface area contributed by atoms with Crippen molar-refractivity contribution >= 4 is 11.9 Å². The van der Waals surface area contributed by atoms with Crippen LogP contribution >= 0.6 is 0 Å². The maximum Gasteiger partial charge on any atom is 0.308 e. The third-order valence-corrected chi connectivity index (χ3v) is 5.31. The largest absolute Gasteiger partial charge is 0.481 e. The van der Waals surface area contributed by atoms with E-state index in [0.717, 1.165) is 38.5 Å². The minimum Gasteiger partial charge on any atom is -0.481 e. The lowest BCUT2D eigenvalue weighted by molar-refractivity contribution is -0.143. The van der Waals surface area contributed by atoms with Gasteiger partial charge in [-0.15, -0.1) is 0 Å². The van der Waals surface area contributed by atoms with Crippen LogP contribution in [-0.2, 0) is 9.59 Å². The van der Waals surface area contributed by atoms with Crippen LogP contribution in [0.2, 0.25) is 0 Å².